The van der Waals surface area contributed by atoms with E-state index in [9.17, 15) is 4.39 Å². The molecule has 0 radical (unpaired) electrons. The highest BCUT2D eigenvalue weighted by molar-refractivity contribution is 6.33. The van der Waals surface area contributed by atoms with E-state index in [0.717, 1.165) is 6.42 Å². The second kappa shape index (κ2) is 4.98. The van der Waals surface area contributed by atoms with Gasteiger partial charge in [-0.3, -0.25) is 0 Å². The summed E-state index contributed by atoms with van der Waals surface area (Å²) in [6, 6.07) is 4.51. The molecule has 1 aromatic heterocycles. The number of nitrogens with zero attached hydrogens (tertiary/aromatic N) is 1. The lowest BCUT2D eigenvalue weighted by Gasteiger charge is -2.09. The van der Waals surface area contributed by atoms with Gasteiger partial charge in [-0.05, 0) is 18.6 Å². The highest BCUT2D eigenvalue weighted by Gasteiger charge is 2.24. The predicted molar refractivity (Wildman–Crippen MR) is 70.0 cm³/mol. The monoisotopic (exact) mass is 268 g/mol. The van der Waals surface area contributed by atoms with Crippen LogP contribution in [0, 0.1) is 5.82 Å². The molecule has 2 N–H and O–H groups in total. The molecule has 0 saturated carbocycles. The zero-order valence-electron chi connectivity index (χ0n) is 10.2. The molecule has 0 spiro atoms. The summed E-state index contributed by atoms with van der Waals surface area (Å²) in [6.07, 6.45) is 0.852. The summed E-state index contributed by atoms with van der Waals surface area (Å²) in [5, 5.41) is 4.22. The Bertz CT molecular complexity index is 548. The molecule has 0 aliphatic rings. The van der Waals surface area contributed by atoms with Crippen LogP contribution >= 0.6 is 11.6 Å². The van der Waals surface area contributed by atoms with Crippen molar-refractivity contribution in [2.45, 2.75) is 26.2 Å². The van der Waals surface area contributed by atoms with Crippen LogP contribution in [0.25, 0.3) is 11.1 Å². The van der Waals surface area contributed by atoms with Gasteiger partial charge in [-0.25, -0.2) is 4.39 Å². The first-order chi connectivity index (χ1) is 8.56. The number of nitrogens with two attached hydrogens (primary N) is 1. The number of hydrogen-bond acceptors (Lipinski definition) is 3. The molecular formula is C13H14ClFN2O. The molecule has 2 aromatic rings. The van der Waals surface area contributed by atoms with Crippen molar-refractivity contribution in [2.24, 2.45) is 0 Å². The van der Waals surface area contributed by atoms with E-state index in [2.05, 4.69) is 5.16 Å². The van der Waals surface area contributed by atoms with E-state index >= 15 is 0 Å². The van der Waals surface area contributed by atoms with Crippen molar-refractivity contribution < 1.29 is 8.91 Å². The molecule has 18 heavy (non-hydrogen) atoms. The maximum atomic E-state index is 13.9. The van der Waals surface area contributed by atoms with E-state index in [0.29, 0.717) is 16.3 Å². The van der Waals surface area contributed by atoms with Crippen molar-refractivity contribution in [1.82, 2.24) is 5.16 Å². The Hall–Kier alpha value is -1.55. The van der Waals surface area contributed by atoms with E-state index in [1.807, 2.05) is 13.8 Å². The maximum absolute atomic E-state index is 13.9. The van der Waals surface area contributed by atoms with Crippen LogP contribution in [0.2, 0.25) is 5.02 Å². The quantitative estimate of drug-likeness (QED) is 0.906. The number of rotatable bonds is 3. The molecule has 1 aromatic carbocycles. The number of nitrogen functional groups attached to an aromatic ring is 1. The SMILES string of the molecule is CCC(C)c1noc(N)c1-c1c(F)cccc1Cl. The van der Waals surface area contributed by atoms with Crippen molar-refractivity contribution in [3.63, 3.8) is 0 Å². The minimum Gasteiger partial charge on any atom is -0.367 e. The molecule has 0 amide bonds. The molecule has 1 heterocycles. The molecule has 0 aliphatic carbocycles. The van der Waals surface area contributed by atoms with E-state index in [4.69, 9.17) is 21.9 Å². The van der Waals surface area contributed by atoms with E-state index < -0.39 is 5.82 Å². The molecule has 0 fully saturated rings. The van der Waals surface area contributed by atoms with Gasteiger partial charge in [-0.1, -0.05) is 36.7 Å². The van der Waals surface area contributed by atoms with Crippen LogP contribution in [-0.4, -0.2) is 5.16 Å². The van der Waals surface area contributed by atoms with Gasteiger partial charge >= 0.3 is 0 Å². The normalized spacial score (nSPS) is 12.7. The summed E-state index contributed by atoms with van der Waals surface area (Å²) >= 11 is 6.05. The summed E-state index contributed by atoms with van der Waals surface area (Å²) in [7, 11) is 0. The van der Waals surface area contributed by atoms with Crippen LogP contribution in [0.3, 0.4) is 0 Å². The fourth-order valence-corrected chi connectivity index (χ4v) is 2.09. The van der Waals surface area contributed by atoms with Gasteiger partial charge in [0.25, 0.3) is 0 Å². The van der Waals surface area contributed by atoms with Gasteiger partial charge in [0.1, 0.15) is 5.82 Å². The third-order valence-electron chi connectivity index (χ3n) is 3.04. The molecule has 96 valence electrons. The van der Waals surface area contributed by atoms with Crippen LogP contribution in [-0.2, 0) is 0 Å². The lowest BCUT2D eigenvalue weighted by atomic mass is 9.96. The van der Waals surface area contributed by atoms with Crippen LogP contribution in [0.4, 0.5) is 10.3 Å². The smallest absolute Gasteiger partial charge is 0.230 e. The Kier molecular flexibility index (Phi) is 3.57. The fraction of sp³-hybridized carbons (Fsp3) is 0.308. The summed E-state index contributed by atoms with van der Waals surface area (Å²) in [5.74, 6) is -0.212. The summed E-state index contributed by atoms with van der Waals surface area (Å²) in [4.78, 5) is 0. The van der Waals surface area contributed by atoms with Gasteiger partial charge in [-0.2, -0.15) is 0 Å². The zero-order valence-corrected chi connectivity index (χ0v) is 11.0. The first kappa shape index (κ1) is 12.9. The number of hydrogen-bond donors (Lipinski definition) is 1. The molecule has 1 atom stereocenters. The Balaban J connectivity index is 2.67. The molecule has 0 aliphatic heterocycles. The summed E-state index contributed by atoms with van der Waals surface area (Å²) in [5.41, 5.74) is 7.11. The standard InChI is InChI=1S/C13H14ClFN2O/c1-3-7(2)12-11(13(16)18-17-12)10-8(14)5-4-6-9(10)15/h4-7H,3,16H2,1-2H3. The van der Waals surface area contributed by atoms with Gasteiger partial charge in [0.2, 0.25) is 5.88 Å². The minimum atomic E-state index is -0.429. The lowest BCUT2D eigenvalue weighted by molar-refractivity contribution is 0.421. The maximum Gasteiger partial charge on any atom is 0.230 e. The topological polar surface area (TPSA) is 52.0 Å². The average molecular weight is 269 g/mol. The van der Waals surface area contributed by atoms with Crippen molar-refractivity contribution >= 4 is 17.5 Å². The second-order valence-corrected chi connectivity index (χ2v) is 4.62. The molecule has 1 unspecified atom stereocenters. The molecule has 0 bridgehead atoms. The highest BCUT2D eigenvalue weighted by Crippen LogP contribution is 2.39. The van der Waals surface area contributed by atoms with E-state index in [1.54, 1.807) is 12.1 Å². The van der Waals surface area contributed by atoms with E-state index in [-0.39, 0.29) is 17.4 Å². The highest BCUT2D eigenvalue weighted by atomic mass is 35.5. The Labute approximate surface area is 110 Å². The molecule has 2 rings (SSSR count). The Morgan fingerprint density at radius 1 is 1.44 bits per heavy atom. The van der Waals surface area contributed by atoms with Gasteiger partial charge in [0, 0.05) is 11.5 Å². The zero-order chi connectivity index (χ0) is 13.3. The average Bonchev–Trinajstić information content (AvgIpc) is 2.71. The van der Waals surface area contributed by atoms with Crippen LogP contribution in [0.1, 0.15) is 31.9 Å². The molecule has 3 nitrogen and oxygen atoms in total. The number of benzene rings is 1. The first-order valence-electron chi connectivity index (χ1n) is 5.75. The minimum absolute atomic E-state index is 0.0947. The summed E-state index contributed by atoms with van der Waals surface area (Å²) in [6.45, 7) is 4.00. The fourth-order valence-electron chi connectivity index (χ4n) is 1.83. The largest absolute Gasteiger partial charge is 0.367 e. The van der Waals surface area contributed by atoms with Crippen molar-refractivity contribution in [3.8, 4) is 11.1 Å². The van der Waals surface area contributed by atoms with Gasteiger partial charge in [-0.15, -0.1) is 0 Å². The van der Waals surface area contributed by atoms with Crippen molar-refractivity contribution in [3.05, 3.63) is 34.7 Å². The van der Waals surface area contributed by atoms with Crippen LogP contribution in [0.5, 0.6) is 0 Å². The second-order valence-electron chi connectivity index (χ2n) is 4.21. The van der Waals surface area contributed by atoms with E-state index in [1.165, 1.54) is 6.07 Å². The van der Waals surface area contributed by atoms with Crippen LogP contribution in [0.15, 0.2) is 22.7 Å². The number of aromatic nitrogens is 1. The van der Waals surface area contributed by atoms with Crippen molar-refractivity contribution in [2.75, 3.05) is 5.73 Å². The number of halogens is 2. The van der Waals surface area contributed by atoms with Crippen LogP contribution < -0.4 is 5.73 Å². The van der Waals surface area contributed by atoms with Crippen molar-refractivity contribution in [1.29, 1.82) is 0 Å². The molecular weight excluding hydrogens is 255 g/mol. The lowest BCUT2D eigenvalue weighted by Crippen LogP contribution is -1.98. The first-order valence-corrected chi connectivity index (χ1v) is 6.13. The van der Waals surface area contributed by atoms with Gasteiger partial charge in [0.05, 0.1) is 16.3 Å². The van der Waals surface area contributed by atoms with Gasteiger partial charge in [0.15, 0.2) is 0 Å². The summed E-state index contributed by atoms with van der Waals surface area (Å²) < 4.78 is 18.9. The Morgan fingerprint density at radius 2 is 2.17 bits per heavy atom. The predicted octanol–water partition coefficient (Wildman–Crippen LogP) is 4.23. The third kappa shape index (κ3) is 2.08. The molecule has 5 heteroatoms. The Morgan fingerprint density at radius 3 is 2.78 bits per heavy atom. The van der Waals surface area contributed by atoms with Gasteiger partial charge < -0.3 is 10.3 Å². The third-order valence-corrected chi connectivity index (χ3v) is 3.35. The molecule has 0 saturated heterocycles. The number of anilines is 1.